The summed E-state index contributed by atoms with van der Waals surface area (Å²) in [5.41, 5.74) is 0. The van der Waals surface area contributed by atoms with Crippen LogP contribution in [0, 0.1) is 0 Å². The topological polar surface area (TPSA) is 87.0 Å². The van der Waals surface area contributed by atoms with E-state index in [0.29, 0.717) is 12.8 Å². The lowest BCUT2D eigenvalue weighted by Gasteiger charge is -2.15. The third kappa shape index (κ3) is 9.00. The Morgan fingerprint density at radius 3 is 2.27 bits per heavy atom. The molecular weight excluding hydrogens is 284 g/mol. The highest BCUT2D eigenvalue weighted by molar-refractivity contribution is 9.10. The number of ether oxygens (including phenoxy) is 1. The minimum absolute atomic E-state index is 0.0255. The van der Waals surface area contributed by atoms with Gasteiger partial charge in [-0.05, 0) is 26.7 Å². The Morgan fingerprint density at radius 2 is 1.87 bits per heavy atom. The van der Waals surface area contributed by atoms with Crippen molar-refractivity contribution in [3.63, 3.8) is 0 Å². The standard InChI is InChI=1S/C8H17BrO5Si/c1-8(2,9)7(10)14-5-3-4-6-15(11,12)13/h11-13H,3-6H2,1-2H3. The van der Waals surface area contributed by atoms with Crippen molar-refractivity contribution >= 4 is 30.7 Å². The van der Waals surface area contributed by atoms with E-state index in [2.05, 4.69) is 15.9 Å². The molecule has 7 heteroatoms. The van der Waals surface area contributed by atoms with Crippen molar-refractivity contribution in [3.8, 4) is 0 Å². The summed E-state index contributed by atoms with van der Waals surface area (Å²) in [6, 6.07) is -0.0255. The number of unbranched alkanes of at least 4 members (excludes halogenated alkanes) is 1. The molecule has 0 amide bonds. The molecule has 0 rings (SSSR count). The van der Waals surface area contributed by atoms with Gasteiger partial charge >= 0.3 is 14.8 Å². The lowest BCUT2D eigenvalue weighted by molar-refractivity contribution is -0.145. The number of hydrogen-bond donors (Lipinski definition) is 3. The summed E-state index contributed by atoms with van der Waals surface area (Å²) in [5, 5.41) is 0. The molecule has 0 saturated carbocycles. The Labute approximate surface area is 98.6 Å². The third-order valence-electron chi connectivity index (χ3n) is 1.63. The zero-order valence-corrected chi connectivity index (χ0v) is 11.5. The number of halogens is 1. The summed E-state index contributed by atoms with van der Waals surface area (Å²) < 4.78 is 4.21. The van der Waals surface area contributed by atoms with Crippen LogP contribution in [0.2, 0.25) is 6.04 Å². The Bertz CT molecular complexity index is 208. The molecule has 0 unspecified atom stereocenters. The van der Waals surface area contributed by atoms with Crippen molar-refractivity contribution < 1.29 is 23.9 Å². The smallest absolute Gasteiger partial charge is 0.465 e. The number of carbonyl (C=O) groups excluding carboxylic acids is 1. The van der Waals surface area contributed by atoms with Crippen LogP contribution in [0.4, 0.5) is 0 Å². The molecule has 0 aromatic heterocycles. The average Bonchev–Trinajstić information content (AvgIpc) is 1.99. The molecule has 0 aromatic rings. The summed E-state index contributed by atoms with van der Waals surface area (Å²) in [4.78, 5) is 37.3. The predicted octanol–water partition coefficient (Wildman–Crippen LogP) is 0.399. The fourth-order valence-corrected chi connectivity index (χ4v) is 1.64. The molecule has 5 nitrogen and oxygen atoms in total. The lowest BCUT2D eigenvalue weighted by Crippen LogP contribution is -2.34. The zero-order valence-electron chi connectivity index (χ0n) is 8.86. The maximum atomic E-state index is 11.2. The van der Waals surface area contributed by atoms with E-state index in [1.54, 1.807) is 13.8 Å². The quantitative estimate of drug-likeness (QED) is 0.286. The van der Waals surface area contributed by atoms with Gasteiger partial charge in [-0.15, -0.1) is 0 Å². The van der Waals surface area contributed by atoms with Gasteiger partial charge in [-0.25, -0.2) is 0 Å². The van der Waals surface area contributed by atoms with Gasteiger partial charge in [-0.2, -0.15) is 0 Å². The molecule has 0 heterocycles. The fourth-order valence-electron chi connectivity index (χ4n) is 0.801. The van der Waals surface area contributed by atoms with E-state index in [9.17, 15) is 4.79 Å². The van der Waals surface area contributed by atoms with Crippen molar-refractivity contribution in [1.82, 2.24) is 0 Å². The monoisotopic (exact) mass is 300 g/mol. The van der Waals surface area contributed by atoms with Gasteiger partial charge in [-0.1, -0.05) is 15.9 Å². The predicted molar refractivity (Wildman–Crippen MR) is 60.4 cm³/mol. The van der Waals surface area contributed by atoms with Crippen molar-refractivity contribution in [2.45, 2.75) is 37.1 Å². The van der Waals surface area contributed by atoms with Crippen molar-refractivity contribution in [2.24, 2.45) is 0 Å². The second kappa shape index (κ2) is 5.95. The summed E-state index contributed by atoms with van der Waals surface area (Å²) in [7, 11) is -3.92. The SMILES string of the molecule is CC(C)(Br)C(=O)OCCCC[Si](O)(O)O. The second-order valence-electron chi connectivity index (χ2n) is 3.84. The van der Waals surface area contributed by atoms with Crippen LogP contribution in [0.5, 0.6) is 0 Å². The molecule has 90 valence electrons. The highest BCUT2D eigenvalue weighted by Gasteiger charge is 2.27. The van der Waals surface area contributed by atoms with E-state index in [1.807, 2.05) is 0 Å². The molecule has 0 aromatic carbocycles. The Hall–Kier alpha value is 0.0469. The summed E-state index contributed by atoms with van der Waals surface area (Å²) in [5.74, 6) is -0.358. The van der Waals surface area contributed by atoms with E-state index >= 15 is 0 Å². The number of rotatable bonds is 6. The molecule has 0 radical (unpaired) electrons. The molecule has 0 aliphatic rings. The summed E-state index contributed by atoms with van der Waals surface area (Å²) in [6.07, 6.45) is 0.928. The first-order valence-corrected chi connectivity index (χ1v) is 7.50. The van der Waals surface area contributed by atoms with Crippen LogP contribution in [0.1, 0.15) is 26.7 Å². The molecule has 0 fully saturated rings. The van der Waals surface area contributed by atoms with Crippen LogP contribution < -0.4 is 0 Å². The third-order valence-corrected chi connectivity index (χ3v) is 2.97. The van der Waals surface area contributed by atoms with Gasteiger partial charge < -0.3 is 19.1 Å². The maximum absolute atomic E-state index is 11.2. The lowest BCUT2D eigenvalue weighted by atomic mass is 10.2. The van der Waals surface area contributed by atoms with Gasteiger partial charge in [0.2, 0.25) is 0 Å². The molecule has 0 aliphatic heterocycles. The van der Waals surface area contributed by atoms with Crippen LogP contribution in [0.3, 0.4) is 0 Å². The summed E-state index contributed by atoms with van der Waals surface area (Å²) in [6.45, 7) is 3.59. The van der Waals surface area contributed by atoms with Gasteiger partial charge in [0, 0.05) is 6.04 Å². The van der Waals surface area contributed by atoms with Crippen molar-refractivity contribution in [1.29, 1.82) is 0 Å². The van der Waals surface area contributed by atoms with Crippen molar-refractivity contribution in [3.05, 3.63) is 0 Å². The second-order valence-corrected chi connectivity index (χ2v) is 7.87. The molecule has 15 heavy (non-hydrogen) atoms. The molecule has 0 atom stereocenters. The molecule has 0 aliphatic carbocycles. The minimum atomic E-state index is -3.92. The van der Waals surface area contributed by atoms with E-state index in [4.69, 9.17) is 19.1 Å². The summed E-state index contributed by atoms with van der Waals surface area (Å²) >= 11 is 3.16. The van der Waals surface area contributed by atoms with E-state index < -0.39 is 13.1 Å². The molecule has 0 spiro atoms. The molecular formula is C8H17BrO5Si. The van der Waals surface area contributed by atoms with E-state index in [0.717, 1.165) is 0 Å². The first-order chi connectivity index (χ1) is 6.63. The van der Waals surface area contributed by atoms with E-state index in [-0.39, 0.29) is 18.6 Å². The Kier molecular flexibility index (Phi) is 5.97. The van der Waals surface area contributed by atoms with E-state index in [1.165, 1.54) is 0 Å². The van der Waals surface area contributed by atoms with Gasteiger partial charge in [0.05, 0.1) is 6.61 Å². The normalized spacial score (nSPS) is 12.7. The van der Waals surface area contributed by atoms with Crippen LogP contribution in [-0.4, -0.2) is 40.1 Å². The van der Waals surface area contributed by atoms with Crippen LogP contribution in [0.25, 0.3) is 0 Å². The largest absolute Gasteiger partial charge is 0.492 e. The Balaban J connectivity index is 3.53. The van der Waals surface area contributed by atoms with Crippen LogP contribution >= 0.6 is 15.9 Å². The highest BCUT2D eigenvalue weighted by Crippen LogP contribution is 2.17. The van der Waals surface area contributed by atoms with Crippen molar-refractivity contribution in [2.75, 3.05) is 6.61 Å². The minimum Gasteiger partial charge on any atom is -0.465 e. The van der Waals surface area contributed by atoms with Gasteiger partial charge in [0.25, 0.3) is 0 Å². The maximum Gasteiger partial charge on any atom is 0.492 e. The number of esters is 1. The first kappa shape index (κ1) is 15.0. The Morgan fingerprint density at radius 1 is 1.33 bits per heavy atom. The average molecular weight is 301 g/mol. The van der Waals surface area contributed by atoms with Crippen LogP contribution in [0.15, 0.2) is 0 Å². The number of hydrogen-bond acceptors (Lipinski definition) is 5. The van der Waals surface area contributed by atoms with Gasteiger partial charge in [0.15, 0.2) is 0 Å². The zero-order chi connectivity index (χ0) is 12.1. The number of carbonyl (C=O) groups is 1. The molecule has 0 bridgehead atoms. The molecule has 3 N–H and O–H groups in total. The fraction of sp³-hybridized carbons (Fsp3) is 0.875. The first-order valence-electron chi connectivity index (χ1n) is 4.66. The number of alkyl halides is 1. The molecule has 0 saturated heterocycles. The van der Waals surface area contributed by atoms with Gasteiger partial charge in [-0.3, -0.25) is 4.79 Å². The van der Waals surface area contributed by atoms with Gasteiger partial charge in [0.1, 0.15) is 4.32 Å². The highest BCUT2D eigenvalue weighted by atomic mass is 79.9. The van der Waals surface area contributed by atoms with Crippen LogP contribution in [-0.2, 0) is 9.53 Å².